The van der Waals surface area contributed by atoms with Gasteiger partial charge < -0.3 is 15.8 Å². The maximum atomic E-state index is 10.4. The second kappa shape index (κ2) is 7.32. The molecule has 0 aliphatic heterocycles. The van der Waals surface area contributed by atoms with Crippen molar-refractivity contribution < 1.29 is 9.53 Å². The maximum Gasteiger partial charge on any atom is 0.243 e. The molecule has 1 aromatic heterocycles. The Balaban J connectivity index is 2.04. The number of hydrogen-bond donors (Lipinski definition) is 2. The topological polar surface area (TPSA) is 77.2 Å². The first-order chi connectivity index (χ1) is 7.72. The fourth-order valence-electron chi connectivity index (χ4n) is 1.13. The Kier molecular flexibility index (Phi) is 5.99. The number of nitrogens with two attached hydrogens (primary N) is 1. The van der Waals surface area contributed by atoms with Crippen molar-refractivity contribution in [1.82, 2.24) is 10.3 Å². The van der Waals surface area contributed by atoms with Gasteiger partial charge in [0.15, 0.2) is 0 Å². The van der Waals surface area contributed by atoms with Crippen LogP contribution in [0.4, 0.5) is 0 Å². The summed E-state index contributed by atoms with van der Waals surface area (Å²) in [6, 6.07) is 0. The third kappa shape index (κ3) is 5.20. The Hall–Kier alpha value is -0.980. The molecule has 90 valence electrons. The molecule has 16 heavy (non-hydrogen) atoms. The van der Waals surface area contributed by atoms with Crippen LogP contribution in [0.5, 0.6) is 0 Å². The molecule has 1 aromatic rings. The number of aromatic nitrogens is 1. The van der Waals surface area contributed by atoms with Crippen LogP contribution in [0.2, 0.25) is 0 Å². The highest BCUT2D eigenvalue weighted by Crippen LogP contribution is 2.09. The van der Waals surface area contributed by atoms with E-state index in [0.717, 1.165) is 23.7 Å². The van der Waals surface area contributed by atoms with Gasteiger partial charge in [0.25, 0.3) is 0 Å². The van der Waals surface area contributed by atoms with Crippen molar-refractivity contribution in [2.45, 2.75) is 19.9 Å². The summed E-state index contributed by atoms with van der Waals surface area (Å²) in [7, 11) is 0. The normalized spacial score (nSPS) is 10.6. The number of amides is 1. The summed E-state index contributed by atoms with van der Waals surface area (Å²) in [4.78, 5) is 14.8. The zero-order valence-electron chi connectivity index (χ0n) is 9.36. The first-order valence-electron chi connectivity index (χ1n) is 5.22. The van der Waals surface area contributed by atoms with Crippen LogP contribution < -0.4 is 11.1 Å². The van der Waals surface area contributed by atoms with E-state index in [9.17, 15) is 4.79 Å². The van der Waals surface area contributed by atoms with Gasteiger partial charge in [-0.25, -0.2) is 4.98 Å². The molecule has 0 saturated heterocycles. The summed E-state index contributed by atoms with van der Waals surface area (Å²) in [5.41, 5.74) is 5.98. The first kappa shape index (κ1) is 13.1. The van der Waals surface area contributed by atoms with E-state index in [1.54, 1.807) is 11.3 Å². The largest absolute Gasteiger partial charge is 0.370 e. The van der Waals surface area contributed by atoms with E-state index in [1.807, 2.05) is 0 Å². The van der Waals surface area contributed by atoms with Gasteiger partial charge in [-0.15, -0.1) is 11.3 Å². The lowest BCUT2D eigenvalue weighted by Crippen LogP contribution is -2.23. The molecule has 1 rings (SSSR count). The predicted octanol–water partition coefficient (Wildman–Crippen LogP) is 0.297. The summed E-state index contributed by atoms with van der Waals surface area (Å²) in [6.07, 6.45) is 0.979. The smallest absolute Gasteiger partial charge is 0.243 e. The minimum atomic E-state index is -0.438. The van der Waals surface area contributed by atoms with Crippen LogP contribution in [0.3, 0.4) is 0 Å². The summed E-state index contributed by atoms with van der Waals surface area (Å²) in [5, 5.41) is 6.39. The number of thiazole rings is 1. The first-order valence-corrected chi connectivity index (χ1v) is 6.10. The predicted molar refractivity (Wildman–Crippen MR) is 63.2 cm³/mol. The van der Waals surface area contributed by atoms with E-state index in [2.05, 4.69) is 22.6 Å². The minimum absolute atomic E-state index is 0.0155. The molecule has 0 radical (unpaired) electrons. The third-order valence-electron chi connectivity index (χ3n) is 1.88. The Bertz CT molecular complexity index is 328. The van der Waals surface area contributed by atoms with Crippen LogP contribution in [0.15, 0.2) is 5.38 Å². The molecule has 0 aliphatic rings. The molecule has 6 heteroatoms. The monoisotopic (exact) mass is 243 g/mol. The van der Waals surface area contributed by atoms with Gasteiger partial charge in [-0.3, -0.25) is 4.79 Å². The number of hydrogen-bond acceptors (Lipinski definition) is 5. The van der Waals surface area contributed by atoms with Crippen molar-refractivity contribution in [3.05, 3.63) is 16.1 Å². The SMILES string of the molecule is CCc1nc(CNCCOCC(N)=O)cs1. The molecule has 5 nitrogen and oxygen atoms in total. The number of ether oxygens (including phenoxy) is 1. The zero-order chi connectivity index (χ0) is 11.8. The standard InChI is InChI=1S/C10H17N3O2S/c1-2-10-13-8(7-16-10)5-12-3-4-15-6-9(11)14/h7,12H,2-6H2,1H3,(H2,11,14). The van der Waals surface area contributed by atoms with Crippen LogP contribution in [0, 0.1) is 0 Å². The quantitative estimate of drug-likeness (QED) is 0.644. The van der Waals surface area contributed by atoms with Crippen molar-refractivity contribution >= 4 is 17.2 Å². The van der Waals surface area contributed by atoms with Crippen molar-refractivity contribution in [3.8, 4) is 0 Å². The zero-order valence-corrected chi connectivity index (χ0v) is 10.2. The van der Waals surface area contributed by atoms with Crippen molar-refractivity contribution in [1.29, 1.82) is 0 Å². The minimum Gasteiger partial charge on any atom is -0.370 e. The van der Waals surface area contributed by atoms with Crippen LogP contribution in [-0.2, 0) is 22.5 Å². The molecule has 1 heterocycles. The molecule has 0 atom stereocenters. The average Bonchev–Trinajstić information content (AvgIpc) is 2.70. The molecule has 0 bridgehead atoms. The summed E-state index contributed by atoms with van der Waals surface area (Å²) in [6.45, 7) is 3.97. The summed E-state index contributed by atoms with van der Waals surface area (Å²) < 4.78 is 5.00. The molecule has 0 aromatic carbocycles. The molecule has 0 saturated carbocycles. The molecule has 0 fully saturated rings. The lowest BCUT2D eigenvalue weighted by molar-refractivity contribution is -0.122. The van der Waals surface area contributed by atoms with E-state index >= 15 is 0 Å². The molecule has 0 aliphatic carbocycles. The fourth-order valence-corrected chi connectivity index (χ4v) is 1.87. The van der Waals surface area contributed by atoms with Gasteiger partial charge in [0.2, 0.25) is 5.91 Å². The number of aryl methyl sites for hydroxylation is 1. The van der Waals surface area contributed by atoms with Gasteiger partial charge in [0, 0.05) is 18.5 Å². The summed E-state index contributed by atoms with van der Waals surface area (Å²) in [5.74, 6) is -0.438. The van der Waals surface area contributed by atoms with Crippen molar-refractivity contribution in [2.24, 2.45) is 5.73 Å². The number of rotatable bonds is 8. The molecule has 3 N–H and O–H groups in total. The number of carbonyl (C=O) groups is 1. The molecule has 1 amide bonds. The van der Waals surface area contributed by atoms with E-state index < -0.39 is 5.91 Å². The van der Waals surface area contributed by atoms with Crippen LogP contribution in [-0.4, -0.2) is 30.6 Å². The van der Waals surface area contributed by atoms with E-state index in [-0.39, 0.29) is 6.61 Å². The highest BCUT2D eigenvalue weighted by molar-refractivity contribution is 7.09. The third-order valence-corrected chi connectivity index (χ3v) is 2.92. The Morgan fingerprint density at radius 2 is 2.50 bits per heavy atom. The van der Waals surface area contributed by atoms with Gasteiger partial charge in [-0.1, -0.05) is 6.92 Å². The number of carbonyl (C=O) groups excluding carboxylic acids is 1. The van der Waals surface area contributed by atoms with Crippen molar-refractivity contribution in [2.75, 3.05) is 19.8 Å². The number of nitrogens with one attached hydrogen (secondary N) is 1. The lowest BCUT2D eigenvalue weighted by Gasteiger charge is -2.02. The van der Waals surface area contributed by atoms with Crippen LogP contribution in [0.1, 0.15) is 17.6 Å². The fraction of sp³-hybridized carbons (Fsp3) is 0.600. The molecular weight excluding hydrogens is 226 g/mol. The lowest BCUT2D eigenvalue weighted by atomic mass is 10.4. The van der Waals surface area contributed by atoms with E-state index in [1.165, 1.54) is 0 Å². The molecule has 0 unspecified atom stereocenters. The molecule has 0 spiro atoms. The van der Waals surface area contributed by atoms with E-state index in [0.29, 0.717) is 13.2 Å². The number of primary amides is 1. The van der Waals surface area contributed by atoms with Gasteiger partial charge in [-0.05, 0) is 6.42 Å². The highest BCUT2D eigenvalue weighted by Gasteiger charge is 1.99. The van der Waals surface area contributed by atoms with Crippen LogP contribution >= 0.6 is 11.3 Å². The Labute approximate surface area is 99.0 Å². The number of nitrogens with zero attached hydrogens (tertiary/aromatic N) is 1. The average molecular weight is 243 g/mol. The van der Waals surface area contributed by atoms with Gasteiger partial charge >= 0.3 is 0 Å². The second-order valence-electron chi connectivity index (χ2n) is 3.28. The van der Waals surface area contributed by atoms with Gasteiger partial charge in [0.1, 0.15) is 6.61 Å². The maximum absolute atomic E-state index is 10.4. The summed E-state index contributed by atoms with van der Waals surface area (Å²) >= 11 is 1.68. The molecular formula is C10H17N3O2S. The Morgan fingerprint density at radius 3 is 3.12 bits per heavy atom. The van der Waals surface area contributed by atoms with Gasteiger partial charge in [-0.2, -0.15) is 0 Å². The van der Waals surface area contributed by atoms with E-state index in [4.69, 9.17) is 10.5 Å². The van der Waals surface area contributed by atoms with Crippen molar-refractivity contribution in [3.63, 3.8) is 0 Å². The van der Waals surface area contributed by atoms with Gasteiger partial charge in [0.05, 0.1) is 17.3 Å². The Morgan fingerprint density at radius 1 is 1.69 bits per heavy atom. The highest BCUT2D eigenvalue weighted by atomic mass is 32.1. The second-order valence-corrected chi connectivity index (χ2v) is 4.22. The van der Waals surface area contributed by atoms with Crippen LogP contribution in [0.25, 0.3) is 0 Å².